The number of nitrogens with zero attached hydrogens (tertiary/aromatic N) is 1. The predicted octanol–water partition coefficient (Wildman–Crippen LogP) is 4.52. The van der Waals surface area contributed by atoms with Gasteiger partial charge in [-0.05, 0) is 61.4 Å². The van der Waals surface area contributed by atoms with Crippen molar-refractivity contribution in [1.82, 2.24) is 4.90 Å². The highest BCUT2D eigenvalue weighted by Gasteiger charge is 2.44. The molecule has 2 heterocycles. The normalized spacial score (nSPS) is 25.8. The summed E-state index contributed by atoms with van der Waals surface area (Å²) in [4.78, 5) is 14.7. The molecular formula is C20H19F2NO. The van der Waals surface area contributed by atoms with Crippen LogP contribution >= 0.6 is 0 Å². The summed E-state index contributed by atoms with van der Waals surface area (Å²) in [5.41, 5.74) is 1.29. The largest absolute Gasteiger partial charge is 0.333 e. The summed E-state index contributed by atoms with van der Waals surface area (Å²) in [6, 6.07) is 13.1. The lowest BCUT2D eigenvalue weighted by molar-refractivity contribution is 0.0567. The van der Waals surface area contributed by atoms with E-state index in [1.807, 2.05) is 17.0 Å². The monoisotopic (exact) mass is 327 g/mol. The van der Waals surface area contributed by atoms with Gasteiger partial charge in [0.2, 0.25) is 0 Å². The first kappa shape index (κ1) is 15.3. The van der Waals surface area contributed by atoms with Crippen molar-refractivity contribution in [2.24, 2.45) is 0 Å². The van der Waals surface area contributed by atoms with Crippen molar-refractivity contribution in [2.45, 2.75) is 43.7 Å². The number of benzene rings is 2. The van der Waals surface area contributed by atoms with Gasteiger partial charge in [-0.15, -0.1) is 0 Å². The van der Waals surface area contributed by atoms with Crippen molar-refractivity contribution in [3.05, 3.63) is 71.3 Å². The Morgan fingerprint density at radius 2 is 1.54 bits per heavy atom. The van der Waals surface area contributed by atoms with Crippen LogP contribution in [-0.4, -0.2) is 22.9 Å². The van der Waals surface area contributed by atoms with Crippen LogP contribution in [0.5, 0.6) is 0 Å². The standard InChI is InChI=1S/C20H19F2NO/c21-15-7-5-13(6-8-15)14-11-16-9-10-17(12-14)23(16)20(24)18-3-1-2-4-19(18)22/h1-8,14,16-17H,9-12H2/t16-,17-/m0/s1. The summed E-state index contributed by atoms with van der Waals surface area (Å²) < 4.78 is 27.1. The zero-order valence-corrected chi connectivity index (χ0v) is 13.3. The predicted molar refractivity (Wildman–Crippen MR) is 87.8 cm³/mol. The summed E-state index contributed by atoms with van der Waals surface area (Å²) in [5.74, 6) is -0.539. The third kappa shape index (κ3) is 2.60. The molecule has 2 aliphatic heterocycles. The maximum absolute atomic E-state index is 14.0. The minimum absolute atomic E-state index is 0.144. The van der Waals surface area contributed by atoms with Crippen LogP contribution in [0, 0.1) is 11.6 Å². The van der Waals surface area contributed by atoms with Crippen LogP contribution in [-0.2, 0) is 0 Å². The van der Waals surface area contributed by atoms with Gasteiger partial charge >= 0.3 is 0 Å². The molecule has 24 heavy (non-hydrogen) atoms. The molecule has 2 nitrogen and oxygen atoms in total. The van der Waals surface area contributed by atoms with E-state index in [1.165, 1.54) is 18.2 Å². The van der Waals surface area contributed by atoms with Gasteiger partial charge < -0.3 is 4.90 Å². The first-order valence-electron chi connectivity index (χ1n) is 8.46. The van der Waals surface area contributed by atoms with Gasteiger partial charge in [0.1, 0.15) is 11.6 Å². The van der Waals surface area contributed by atoms with Crippen LogP contribution in [0.4, 0.5) is 8.78 Å². The van der Waals surface area contributed by atoms with Crippen LogP contribution in [0.25, 0.3) is 0 Å². The van der Waals surface area contributed by atoms with Crippen LogP contribution in [0.2, 0.25) is 0 Å². The summed E-state index contributed by atoms with van der Waals surface area (Å²) in [6.07, 6.45) is 3.65. The van der Waals surface area contributed by atoms with E-state index >= 15 is 0 Å². The van der Waals surface area contributed by atoms with Gasteiger partial charge in [0.25, 0.3) is 5.91 Å². The number of amides is 1. The molecule has 4 rings (SSSR count). The quantitative estimate of drug-likeness (QED) is 0.794. The summed E-state index contributed by atoms with van der Waals surface area (Å²) in [5, 5.41) is 0. The number of piperidine rings is 1. The molecule has 0 unspecified atom stereocenters. The molecule has 2 fully saturated rings. The Bertz CT molecular complexity index is 744. The van der Waals surface area contributed by atoms with Crippen LogP contribution < -0.4 is 0 Å². The van der Waals surface area contributed by atoms with E-state index in [9.17, 15) is 13.6 Å². The van der Waals surface area contributed by atoms with E-state index in [1.54, 1.807) is 18.2 Å². The molecule has 0 aromatic heterocycles. The number of halogens is 2. The highest BCUT2D eigenvalue weighted by atomic mass is 19.1. The molecule has 0 aliphatic carbocycles. The first-order chi connectivity index (χ1) is 11.6. The molecule has 2 aromatic rings. The number of hydrogen-bond donors (Lipinski definition) is 0. The fraction of sp³-hybridized carbons (Fsp3) is 0.350. The third-order valence-electron chi connectivity index (χ3n) is 5.41. The van der Waals surface area contributed by atoms with Crippen molar-refractivity contribution >= 4 is 5.91 Å². The van der Waals surface area contributed by atoms with Crippen LogP contribution in [0.3, 0.4) is 0 Å². The Kier molecular flexibility index (Phi) is 3.83. The van der Waals surface area contributed by atoms with E-state index in [0.29, 0.717) is 5.92 Å². The molecular weight excluding hydrogens is 308 g/mol. The molecule has 2 aromatic carbocycles. The van der Waals surface area contributed by atoms with Gasteiger partial charge in [-0.25, -0.2) is 8.78 Å². The lowest BCUT2D eigenvalue weighted by atomic mass is 9.85. The Hall–Kier alpha value is -2.23. The summed E-state index contributed by atoms with van der Waals surface area (Å²) in [7, 11) is 0. The minimum atomic E-state index is -0.456. The van der Waals surface area contributed by atoms with E-state index < -0.39 is 5.82 Å². The zero-order chi connectivity index (χ0) is 16.7. The third-order valence-corrected chi connectivity index (χ3v) is 5.41. The molecule has 0 N–H and O–H groups in total. The molecule has 2 saturated heterocycles. The number of fused-ring (bicyclic) bond motifs is 2. The molecule has 4 heteroatoms. The second-order valence-corrected chi connectivity index (χ2v) is 6.80. The van der Waals surface area contributed by atoms with Gasteiger partial charge in [0.05, 0.1) is 5.56 Å². The highest BCUT2D eigenvalue weighted by Crippen LogP contribution is 2.43. The summed E-state index contributed by atoms with van der Waals surface area (Å²) in [6.45, 7) is 0. The van der Waals surface area contributed by atoms with Crippen molar-refractivity contribution in [3.63, 3.8) is 0 Å². The van der Waals surface area contributed by atoms with Gasteiger partial charge in [0, 0.05) is 12.1 Å². The highest BCUT2D eigenvalue weighted by molar-refractivity contribution is 5.95. The van der Waals surface area contributed by atoms with E-state index in [-0.39, 0.29) is 29.4 Å². The summed E-state index contributed by atoms with van der Waals surface area (Å²) >= 11 is 0. The second kappa shape index (κ2) is 6.00. The fourth-order valence-electron chi connectivity index (χ4n) is 4.29. The fourth-order valence-corrected chi connectivity index (χ4v) is 4.29. The molecule has 2 aliphatic rings. The average Bonchev–Trinajstić information content (AvgIpc) is 2.85. The maximum Gasteiger partial charge on any atom is 0.257 e. The molecule has 0 radical (unpaired) electrons. The number of rotatable bonds is 2. The van der Waals surface area contributed by atoms with Crippen molar-refractivity contribution in [3.8, 4) is 0 Å². The van der Waals surface area contributed by atoms with E-state index in [0.717, 1.165) is 31.2 Å². The topological polar surface area (TPSA) is 20.3 Å². The van der Waals surface area contributed by atoms with Gasteiger partial charge in [0.15, 0.2) is 0 Å². The zero-order valence-electron chi connectivity index (χ0n) is 13.3. The second-order valence-electron chi connectivity index (χ2n) is 6.80. The van der Waals surface area contributed by atoms with Crippen LogP contribution in [0.15, 0.2) is 48.5 Å². The molecule has 124 valence electrons. The smallest absolute Gasteiger partial charge is 0.257 e. The van der Waals surface area contributed by atoms with Gasteiger partial charge in [-0.3, -0.25) is 4.79 Å². The van der Waals surface area contributed by atoms with E-state index in [4.69, 9.17) is 0 Å². The van der Waals surface area contributed by atoms with Crippen molar-refractivity contribution < 1.29 is 13.6 Å². The molecule has 2 bridgehead atoms. The first-order valence-corrected chi connectivity index (χ1v) is 8.46. The van der Waals surface area contributed by atoms with Crippen molar-refractivity contribution in [1.29, 1.82) is 0 Å². The lowest BCUT2D eigenvalue weighted by Gasteiger charge is -2.39. The van der Waals surface area contributed by atoms with Crippen molar-refractivity contribution in [2.75, 3.05) is 0 Å². The Balaban J connectivity index is 1.56. The SMILES string of the molecule is O=C(c1ccccc1F)N1[C@H]2CC[C@H]1CC(c1ccc(F)cc1)C2. The Morgan fingerprint density at radius 3 is 2.17 bits per heavy atom. The molecule has 1 amide bonds. The Labute approximate surface area is 140 Å². The molecule has 0 spiro atoms. The van der Waals surface area contributed by atoms with Gasteiger partial charge in [-0.1, -0.05) is 24.3 Å². The Morgan fingerprint density at radius 1 is 0.917 bits per heavy atom. The number of hydrogen-bond acceptors (Lipinski definition) is 1. The van der Waals surface area contributed by atoms with E-state index in [2.05, 4.69) is 0 Å². The lowest BCUT2D eigenvalue weighted by Crippen LogP contribution is -2.46. The number of carbonyl (C=O) groups is 1. The minimum Gasteiger partial charge on any atom is -0.333 e. The maximum atomic E-state index is 14.0. The number of carbonyl (C=O) groups excluding carboxylic acids is 1. The molecule has 0 saturated carbocycles. The molecule has 2 atom stereocenters. The van der Waals surface area contributed by atoms with Gasteiger partial charge in [-0.2, -0.15) is 0 Å². The average molecular weight is 327 g/mol. The van der Waals surface area contributed by atoms with Crippen LogP contribution in [0.1, 0.15) is 47.5 Å².